The largest absolute Gasteiger partial charge is 0.390 e. The minimum atomic E-state index is -0.830. The summed E-state index contributed by atoms with van der Waals surface area (Å²) in [6, 6.07) is 9.33. The van der Waals surface area contributed by atoms with Gasteiger partial charge in [-0.25, -0.2) is 4.68 Å². The molecule has 3 heterocycles. The van der Waals surface area contributed by atoms with Crippen molar-refractivity contribution in [1.82, 2.24) is 24.9 Å². The number of nitrogens with one attached hydrogen (secondary N) is 1. The van der Waals surface area contributed by atoms with Gasteiger partial charge in [0.2, 0.25) is 11.8 Å². The Morgan fingerprint density at radius 2 is 1.76 bits per heavy atom. The molecule has 0 unspecified atom stereocenters. The van der Waals surface area contributed by atoms with E-state index in [9.17, 15) is 14.7 Å². The van der Waals surface area contributed by atoms with Gasteiger partial charge in [-0.05, 0) is 64.5 Å². The maximum atomic E-state index is 13.6. The predicted molar refractivity (Wildman–Crippen MR) is 142 cm³/mol. The van der Waals surface area contributed by atoms with Crippen LogP contribution in [0.25, 0.3) is 5.69 Å². The van der Waals surface area contributed by atoms with Crippen LogP contribution in [0, 0.1) is 19.8 Å². The monoisotopic (exact) mass is 507 g/mol. The van der Waals surface area contributed by atoms with Crippen LogP contribution in [0.2, 0.25) is 0 Å². The molecule has 1 aromatic carbocycles. The normalized spacial score (nSPS) is 23.9. The summed E-state index contributed by atoms with van der Waals surface area (Å²) in [5, 5.41) is 18.8. The number of hydrogen-bond donors (Lipinski definition) is 2. The number of aliphatic hydroxyl groups excluding tert-OH is 1. The number of aliphatic hydroxyl groups is 1. The topological polar surface area (TPSA) is 90.7 Å². The van der Waals surface area contributed by atoms with Crippen molar-refractivity contribution in [1.29, 1.82) is 0 Å². The highest BCUT2D eigenvalue weighted by atomic mass is 16.3. The van der Waals surface area contributed by atoms with Gasteiger partial charge in [0.25, 0.3) is 0 Å². The van der Waals surface area contributed by atoms with Crippen molar-refractivity contribution in [2.75, 3.05) is 19.6 Å². The van der Waals surface area contributed by atoms with Crippen LogP contribution in [0.1, 0.15) is 68.8 Å². The second-order valence-corrected chi connectivity index (χ2v) is 11.1. The van der Waals surface area contributed by atoms with Crippen molar-refractivity contribution >= 4 is 11.8 Å². The first-order valence-electron chi connectivity index (χ1n) is 14.0. The highest BCUT2D eigenvalue weighted by Gasteiger charge is 2.55. The van der Waals surface area contributed by atoms with Crippen LogP contribution in [0.15, 0.2) is 30.3 Å². The van der Waals surface area contributed by atoms with E-state index in [1.165, 1.54) is 12.0 Å². The molecule has 1 aromatic heterocycles. The number of likely N-dealkylation sites (tertiary alicyclic amines) is 1. The maximum absolute atomic E-state index is 13.6. The second kappa shape index (κ2) is 10.6. The van der Waals surface area contributed by atoms with E-state index in [0.717, 1.165) is 62.4 Å². The fourth-order valence-corrected chi connectivity index (χ4v) is 6.80. The molecule has 3 fully saturated rings. The number of rotatable bonds is 6. The van der Waals surface area contributed by atoms with Crippen LogP contribution in [0.4, 0.5) is 0 Å². The van der Waals surface area contributed by atoms with Gasteiger partial charge >= 0.3 is 0 Å². The van der Waals surface area contributed by atoms with Crippen LogP contribution < -0.4 is 5.32 Å². The molecule has 2 atom stereocenters. The van der Waals surface area contributed by atoms with Gasteiger partial charge in [-0.15, -0.1) is 0 Å². The Kier molecular flexibility index (Phi) is 7.41. The Morgan fingerprint density at radius 3 is 2.41 bits per heavy atom. The number of nitrogens with zero attached hydrogens (tertiary/aromatic N) is 4. The molecular formula is C29H41N5O3. The number of likely N-dealkylation sites (N-methyl/N-ethyl adjacent to an activating group) is 1. The number of aryl methyl sites for hydroxylation is 1. The molecule has 2 amide bonds. The number of hydrogen-bond acceptors (Lipinski definition) is 5. The first kappa shape index (κ1) is 25.9. The number of amides is 2. The van der Waals surface area contributed by atoms with E-state index >= 15 is 0 Å². The lowest BCUT2D eigenvalue weighted by atomic mass is 9.78. The van der Waals surface area contributed by atoms with Gasteiger partial charge in [0.15, 0.2) is 0 Å². The summed E-state index contributed by atoms with van der Waals surface area (Å²) >= 11 is 0. The molecule has 0 bridgehead atoms. The zero-order valence-corrected chi connectivity index (χ0v) is 22.4. The van der Waals surface area contributed by atoms with Crippen molar-refractivity contribution in [2.24, 2.45) is 5.92 Å². The van der Waals surface area contributed by atoms with E-state index in [-0.39, 0.29) is 17.7 Å². The van der Waals surface area contributed by atoms with Crippen LogP contribution in [-0.2, 0) is 16.1 Å². The lowest BCUT2D eigenvalue weighted by Crippen LogP contribution is -2.74. The molecule has 2 N–H and O–H groups in total. The number of para-hydroxylation sites is 1. The van der Waals surface area contributed by atoms with E-state index in [2.05, 4.69) is 36.2 Å². The van der Waals surface area contributed by atoms with Crippen molar-refractivity contribution in [3.05, 3.63) is 47.3 Å². The third-order valence-corrected chi connectivity index (χ3v) is 9.06. The maximum Gasteiger partial charge on any atom is 0.248 e. The van der Waals surface area contributed by atoms with Gasteiger partial charge in [0.1, 0.15) is 11.6 Å². The number of piperazine rings is 1. The molecule has 1 spiro atoms. The Bertz CT molecular complexity index is 1120. The third kappa shape index (κ3) is 4.70. The van der Waals surface area contributed by atoms with Crippen molar-refractivity contribution in [3.63, 3.8) is 0 Å². The molecule has 8 nitrogen and oxygen atoms in total. The smallest absolute Gasteiger partial charge is 0.248 e. The molecule has 2 saturated heterocycles. The molecule has 3 aliphatic rings. The zero-order chi connectivity index (χ0) is 26.2. The second-order valence-electron chi connectivity index (χ2n) is 11.1. The van der Waals surface area contributed by atoms with Crippen LogP contribution in [-0.4, -0.2) is 73.8 Å². The summed E-state index contributed by atoms with van der Waals surface area (Å²) in [5.41, 5.74) is 3.58. The number of aromatic nitrogens is 2. The van der Waals surface area contributed by atoms with Crippen LogP contribution in [0.5, 0.6) is 0 Å². The molecule has 2 aromatic rings. The van der Waals surface area contributed by atoms with E-state index in [1.807, 2.05) is 29.8 Å². The summed E-state index contributed by atoms with van der Waals surface area (Å²) in [7, 11) is 0. The van der Waals surface area contributed by atoms with Crippen molar-refractivity contribution in [2.45, 2.75) is 89.9 Å². The van der Waals surface area contributed by atoms with Crippen LogP contribution in [0.3, 0.4) is 0 Å². The Hall–Kier alpha value is -2.71. The lowest BCUT2D eigenvalue weighted by molar-refractivity contribution is -0.165. The average molecular weight is 508 g/mol. The Balaban J connectivity index is 1.28. The molecule has 37 heavy (non-hydrogen) atoms. The van der Waals surface area contributed by atoms with E-state index < -0.39 is 17.7 Å². The summed E-state index contributed by atoms with van der Waals surface area (Å²) in [6.45, 7) is 8.80. The first-order chi connectivity index (χ1) is 17.9. The van der Waals surface area contributed by atoms with Crippen LogP contribution >= 0.6 is 0 Å². The molecule has 0 radical (unpaired) electrons. The van der Waals surface area contributed by atoms with Gasteiger partial charge in [-0.1, -0.05) is 37.5 Å². The van der Waals surface area contributed by atoms with Gasteiger partial charge in [-0.2, -0.15) is 5.10 Å². The highest BCUT2D eigenvalue weighted by Crippen LogP contribution is 2.36. The molecule has 2 aliphatic heterocycles. The zero-order valence-electron chi connectivity index (χ0n) is 22.4. The molecular weight excluding hydrogens is 466 g/mol. The van der Waals surface area contributed by atoms with E-state index in [1.54, 1.807) is 4.90 Å². The molecule has 1 saturated carbocycles. The minimum Gasteiger partial charge on any atom is -0.390 e. The third-order valence-electron chi connectivity index (χ3n) is 9.06. The van der Waals surface area contributed by atoms with Gasteiger partial charge in [-0.3, -0.25) is 14.5 Å². The predicted octanol–water partition coefficient (Wildman–Crippen LogP) is 3.11. The number of carbonyl (C=O) groups is 2. The fourth-order valence-electron chi connectivity index (χ4n) is 6.80. The Morgan fingerprint density at radius 1 is 1.08 bits per heavy atom. The van der Waals surface area contributed by atoms with Crippen molar-refractivity contribution < 1.29 is 14.7 Å². The van der Waals surface area contributed by atoms with Gasteiger partial charge in [0, 0.05) is 37.4 Å². The van der Waals surface area contributed by atoms with E-state index in [4.69, 9.17) is 5.10 Å². The highest BCUT2D eigenvalue weighted by molar-refractivity contribution is 6.00. The number of benzene rings is 1. The van der Waals surface area contributed by atoms with E-state index in [0.29, 0.717) is 19.4 Å². The number of carbonyl (C=O) groups excluding carboxylic acids is 2. The first-order valence-corrected chi connectivity index (χ1v) is 14.0. The quantitative estimate of drug-likeness (QED) is 0.627. The summed E-state index contributed by atoms with van der Waals surface area (Å²) < 4.78 is 2.00. The SMILES string of the molecule is CCN1C(=O)[C@H]([C@@H](O)C2CCCCC2)NC(=O)C12CCN(Cc1c(C)nn(-c3ccccc3)c1C)CC2. The minimum absolute atomic E-state index is 0.0842. The average Bonchev–Trinajstić information content (AvgIpc) is 3.21. The summed E-state index contributed by atoms with van der Waals surface area (Å²) in [4.78, 5) is 31.3. The molecule has 8 heteroatoms. The Labute approximate surface area is 220 Å². The molecule has 200 valence electrons. The van der Waals surface area contributed by atoms with Crippen molar-refractivity contribution in [3.8, 4) is 5.69 Å². The molecule has 1 aliphatic carbocycles. The van der Waals surface area contributed by atoms with Gasteiger partial charge in [0.05, 0.1) is 17.5 Å². The number of piperidine rings is 1. The van der Waals surface area contributed by atoms with Gasteiger partial charge < -0.3 is 15.3 Å². The summed E-state index contributed by atoms with van der Waals surface area (Å²) in [6.07, 6.45) is 5.56. The fraction of sp³-hybridized carbons (Fsp3) is 0.621. The standard InChI is InChI=1S/C29H41N5O3/c1-4-33-27(36)25(26(35)22-11-7-5-8-12-22)30-28(37)29(33)15-17-32(18-16-29)19-24-20(2)31-34(21(24)3)23-13-9-6-10-14-23/h6,9-10,13-14,22,25-26,35H,4-5,7-8,11-12,15-19H2,1-3H3,(H,30,37)/t25-,26-/m0/s1. The molecule has 5 rings (SSSR count). The lowest BCUT2D eigenvalue weighted by Gasteiger charge is -2.52. The summed E-state index contributed by atoms with van der Waals surface area (Å²) in [5.74, 6) is -0.136.